The Labute approximate surface area is 309 Å². The van der Waals surface area contributed by atoms with E-state index >= 15 is 0 Å². The molecule has 0 bridgehead atoms. The van der Waals surface area contributed by atoms with Crippen molar-refractivity contribution in [3.63, 3.8) is 0 Å². The number of amides is 6. The molecule has 0 radical (unpaired) electrons. The summed E-state index contributed by atoms with van der Waals surface area (Å²) in [5.74, 6) is -2.50. The number of ether oxygens (including phenoxy) is 5. The summed E-state index contributed by atoms with van der Waals surface area (Å²) in [7, 11) is 0. The van der Waals surface area contributed by atoms with Crippen LogP contribution < -0.4 is 31.9 Å². The summed E-state index contributed by atoms with van der Waals surface area (Å²) < 4.78 is 26.7. The van der Waals surface area contributed by atoms with Crippen molar-refractivity contribution in [1.82, 2.24) is 31.9 Å². The predicted octanol–water partition coefficient (Wildman–Crippen LogP) is 0.0927. The maximum absolute atomic E-state index is 13.0. The molecule has 0 aliphatic rings. The van der Waals surface area contributed by atoms with Crippen LogP contribution in [-0.4, -0.2) is 139 Å². The molecule has 17 nitrogen and oxygen atoms in total. The zero-order valence-electron chi connectivity index (χ0n) is 32.3. The Hall–Kier alpha value is -3.38. The minimum atomic E-state index is -1.05. The minimum Gasteiger partial charge on any atom is -0.380 e. The lowest BCUT2D eigenvalue weighted by Gasteiger charge is -2.21. The quantitative estimate of drug-likeness (QED) is 0.0507. The van der Waals surface area contributed by atoms with Crippen LogP contribution in [0.25, 0.3) is 0 Å². The third kappa shape index (κ3) is 29.2. The molecule has 2 unspecified atom stereocenters. The molecule has 0 aliphatic carbocycles. The highest BCUT2D eigenvalue weighted by atomic mass is 16.5. The molecule has 2 atom stereocenters. The topological polar surface area (TPSA) is 221 Å². The van der Waals surface area contributed by atoms with Crippen LogP contribution in [0.1, 0.15) is 86.5 Å². The van der Waals surface area contributed by atoms with Gasteiger partial charge in [0.25, 0.3) is 0 Å². The van der Waals surface area contributed by atoms with E-state index in [0.717, 1.165) is 0 Å². The summed E-state index contributed by atoms with van der Waals surface area (Å²) in [6.45, 7) is 16.0. The highest BCUT2D eigenvalue weighted by molar-refractivity contribution is 5.90. The molecule has 6 N–H and O–H groups in total. The normalized spacial score (nSPS) is 12.3. The Bertz CT molecular complexity index is 1030. The largest absolute Gasteiger partial charge is 0.380 e. The van der Waals surface area contributed by atoms with Gasteiger partial charge in [-0.3, -0.25) is 28.8 Å². The first-order valence-corrected chi connectivity index (χ1v) is 18.4. The molecule has 0 heterocycles. The molecule has 0 aromatic heterocycles. The Balaban J connectivity index is 5.05. The molecular weight excluding hydrogens is 680 g/mol. The van der Waals surface area contributed by atoms with Gasteiger partial charge in [0, 0.05) is 71.7 Å². The second-order valence-electron chi connectivity index (χ2n) is 12.6. The Morgan fingerprint density at radius 1 is 0.481 bits per heavy atom. The number of rotatable bonds is 32. The molecule has 6 amide bonds. The smallest absolute Gasteiger partial charge is 0.242 e. The summed E-state index contributed by atoms with van der Waals surface area (Å²) in [5, 5.41) is 16.2. The highest BCUT2D eigenvalue weighted by Gasteiger charge is 2.25. The van der Waals surface area contributed by atoms with Crippen LogP contribution in [-0.2, 0) is 52.5 Å². The SMILES string of the molecule is CCOCCNC(=O)CCC(NC(=O)CCC(NC(=O)CCCC(=O)NCCOCCOC(C)(C)C)C(=O)NCCOCC)C(=O)NCCOCC. The van der Waals surface area contributed by atoms with E-state index in [2.05, 4.69) is 31.9 Å². The average Bonchev–Trinajstić information content (AvgIpc) is 3.09. The molecule has 52 heavy (non-hydrogen) atoms. The van der Waals surface area contributed by atoms with E-state index in [1.165, 1.54) is 0 Å². The van der Waals surface area contributed by atoms with Gasteiger partial charge in [-0.1, -0.05) is 0 Å². The fraction of sp³-hybridized carbons (Fsp3) is 0.829. The maximum Gasteiger partial charge on any atom is 0.242 e. The number of nitrogens with one attached hydrogen (secondary N) is 6. The van der Waals surface area contributed by atoms with Crippen molar-refractivity contribution in [2.75, 3.05) is 85.6 Å². The molecule has 0 fully saturated rings. The summed E-state index contributed by atoms with van der Waals surface area (Å²) in [6.07, 6.45) is 0.103. The number of carbonyl (C=O) groups excluding carboxylic acids is 6. The molecular formula is C35H66N6O11. The van der Waals surface area contributed by atoms with Crippen molar-refractivity contribution >= 4 is 35.4 Å². The van der Waals surface area contributed by atoms with Gasteiger partial charge in [-0.15, -0.1) is 0 Å². The predicted molar refractivity (Wildman–Crippen MR) is 194 cm³/mol. The van der Waals surface area contributed by atoms with Gasteiger partial charge in [-0.2, -0.15) is 0 Å². The molecule has 0 aromatic rings. The van der Waals surface area contributed by atoms with Gasteiger partial charge in [-0.25, -0.2) is 0 Å². The lowest BCUT2D eigenvalue weighted by Crippen LogP contribution is -2.50. The van der Waals surface area contributed by atoms with Gasteiger partial charge in [0.2, 0.25) is 35.4 Å². The maximum atomic E-state index is 13.0. The van der Waals surface area contributed by atoms with Crippen molar-refractivity contribution < 1.29 is 52.5 Å². The van der Waals surface area contributed by atoms with E-state index in [9.17, 15) is 28.8 Å². The summed E-state index contributed by atoms with van der Waals surface area (Å²) in [6, 6.07) is -2.07. The first-order chi connectivity index (χ1) is 24.8. The molecule has 302 valence electrons. The van der Waals surface area contributed by atoms with Gasteiger partial charge >= 0.3 is 0 Å². The average molecular weight is 747 g/mol. The fourth-order valence-corrected chi connectivity index (χ4v) is 4.41. The van der Waals surface area contributed by atoms with Gasteiger partial charge in [0.15, 0.2) is 0 Å². The van der Waals surface area contributed by atoms with Crippen molar-refractivity contribution in [1.29, 1.82) is 0 Å². The molecule has 0 spiro atoms. The lowest BCUT2D eigenvalue weighted by molar-refractivity contribution is -0.131. The van der Waals surface area contributed by atoms with E-state index in [-0.39, 0.29) is 88.7 Å². The number of hydrogen-bond acceptors (Lipinski definition) is 11. The zero-order chi connectivity index (χ0) is 39.0. The van der Waals surface area contributed by atoms with Crippen LogP contribution in [0.4, 0.5) is 0 Å². The van der Waals surface area contributed by atoms with Crippen molar-refractivity contribution in [3.8, 4) is 0 Å². The lowest BCUT2D eigenvalue weighted by atomic mass is 10.1. The van der Waals surface area contributed by atoms with Crippen molar-refractivity contribution in [3.05, 3.63) is 0 Å². The third-order valence-electron chi connectivity index (χ3n) is 7.03. The second kappa shape index (κ2) is 31.2. The third-order valence-corrected chi connectivity index (χ3v) is 7.03. The minimum absolute atomic E-state index is 0.0143. The summed E-state index contributed by atoms with van der Waals surface area (Å²) in [5.41, 5.74) is -0.246. The molecule has 0 rings (SSSR count). The molecule has 0 aliphatic heterocycles. The van der Waals surface area contributed by atoms with E-state index in [4.69, 9.17) is 23.7 Å². The van der Waals surface area contributed by atoms with Gasteiger partial charge in [-0.05, 0) is 60.8 Å². The summed E-state index contributed by atoms with van der Waals surface area (Å²) >= 11 is 0. The van der Waals surface area contributed by atoms with E-state index < -0.39 is 35.7 Å². The van der Waals surface area contributed by atoms with Crippen molar-refractivity contribution in [2.45, 2.75) is 104 Å². The standard InChI is InChI=1S/C35H66N6O11/c1-7-48-21-17-37-30(43)15-13-27(33(46)38-19-22-49-8-2)41-32(45)16-14-28(34(47)39-20-23-50-9-3)40-31(44)12-10-11-29(42)36-18-24-51-25-26-52-35(4,5)6/h27-28H,7-26H2,1-6H3,(H,36,42)(H,37,43)(H,38,46)(H,39,47)(H,40,44)(H,41,45). The van der Waals surface area contributed by atoms with Crippen LogP contribution >= 0.6 is 0 Å². The van der Waals surface area contributed by atoms with E-state index in [0.29, 0.717) is 59.3 Å². The Morgan fingerprint density at radius 2 is 0.865 bits per heavy atom. The van der Waals surface area contributed by atoms with Crippen LogP contribution in [0, 0.1) is 0 Å². The van der Waals surface area contributed by atoms with Crippen LogP contribution in [0.15, 0.2) is 0 Å². The second-order valence-corrected chi connectivity index (χ2v) is 12.6. The first-order valence-electron chi connectivity index (χ1n) is 18.4. The molecule has 17 heteroatoms. The van der Waals surface area contributed by atoms with Crippen LogP contribution in [0.3, 0.4) is 0 Å². The fourth-order valence-electron chi connectivity index (χ4n) is 4.41. The van der Waals surface area contributed by atoms with Crippen LogP contribution in [0.5, 0.6) is 0 Å². The van der Waals surface area contributed by atoms with Gasteiger partial charge in [0.05, 0.1) is 45.2 Å². The van der Waals surface area contributed by atoms with Gasteiger partial charge < -0.3 is 55.6 Å². The Kier molecular flexibility index (Phi) is 29.1. The monoisotopic (exact) mass is 746 g/mol. The van der Waals surface area contributed by atoms with Crippen molar-refractivity contribution in [2.24, 2.45) is 0 Å². The van der Waals surface area contributed by atoms with Gasteiger partial charge in [0.1, 0.15) is 12.1 Å². The molecule has 0 aromatic carbocycles. The Morgan fingerprint density at radius 3 is 1.33 bits per heavy atom. The zero-order valence-corrected chi connectivity index (χ0v) is 32.3. The molecule has 0 saturated heterocycles. The number of carbonyl (C=O) groups is 6. The highest BCUT2D eigenvalue weighted by Crippen LogP contribution is 2.06. The first kappa shape index (κ1) is 48.6. The van der Waals surface area contributed by atoms with Crippen LogP contribution in [0.2, 0.25) is 0 Å². The van der Waals surface area contributed by atoms with E-state index in [1.54, 1.807) is 0 Å². The summed E-state index contributed by atoms with van der Waals surface area (Å²) in [4.78, 5) is 76.2. The molecule has 0 saturated carbocycles. The number of hydrogen-bond donors (Lipinski definition) is 6. The van der Waals surface area contributed by atoms with E-state index in [1.807, 2.05) is 41.5 Å².